The van der Waals surface area contributed by atoms with Crippen molar-refractivity contribution in [2.75, 3.05) is 20.2 Å². The monoisotopic (exact) mass is 604 g/mol. The predicted molar refractivity (Wildman–Crippen MR) is 151 cm³/mol. The van der Waals surface area contributed by atoms with E-state index in [9.17, 15) is 33.9 Å². The number of likely N-dealkylation sites (tertiary alicyclic amines) is 2. The Morgan fingerprint density at radius 3 is 1.44 bits per heavy atom. The van der Waals surface area contributed by atoms with Crippen molar-refractivity contribution in [3.63, 3.8) is 0 Å². The lowest BCUT2D eigenvalue weighted by Gasteiger charge is -2.27. The van der Waals surface area contributed by atoms with Crippen molar-refractivity contribution >= 4 is 35.9 Å². The van der Waals surface area contributed by atoms with Crippen molar-refractivity contribution < 1.29 is 48.1 Å². The minimum atomic E-state index is -1.20. The Morgan fingerprint density at radius 1 is 0.721 bits per heavy atom. The van der Waals surface area contributed by atoms with Crippen molar-refractivity contribution in [2.45, 2.75) is 89.8 Å². The number of carbonyl (C=O) groups excluding carboxylic acids is 5. The molecule has 0 spiro atoms. The van der Waals surface area contributed by atoms with Gasteiger partial charge in [-0.25, -0.2) is 19.2 Å². The van der Waals surface area contributed by atoms with Gasteiger partial charge in [-0.15, -0.1) is 0 Å². The molecule has 236 valence electrons. The smallest absolute Gasteiger partial charge is 0.411 e. The number of hydrogen-bond donors (Lipinski definition) is 3. The molecule has 1 aromatic rings. The molecule has 14 nitrogen and oxygen atoms in total. The molecule has 2 heterocycles. The van der Waals surface area contributed by atoms with E-state index in [1.807, 2.05) is 0 Å². The van der Waals surface area contributed by atoms with Crippen molar-refractivity contribution in [1.82, 2.24) is 20.4 Å². The number of hydrogen-bond acceptors (Lipinski definition) is 9. The topological polar surface area (TPSA) is 181 Å². The number of esters is 1. The van der Waals surface area contributed by atoms with Crippen LogP contribution in [0, 0.1) is 0 Å². The summed E-state index contributed by atoms with van der Waals surface area (Å²) in [5, 5.41) is 15.1. The molecule has 43 heavy (non-hydrogen) atoms. The molecule has 0 bridgehead atoms. The molecule has 1 aromatic carbocycles. The van der Waals surface area contributed by atoms with Gasteiger partial charge in [0.25, 0.3) is 11.8 Å². The zero-order valence-electron chi connectivity index (χ0n) is 25.5. The van der Waals surface area contributed by atoms with E-state index in [1.54, 1.807) is 41.5 Å². The molecule has 2 aliphatic heterocycles. The molecule has 3 rings (SSSR count). The largest absolute Gasteiger partial charge is 0.480 e. The van der Waals surface area contributed by atoms with Crippen LogP contribution in [0.2, 0.25) is 0 Å². The van der Waals surface area contributed by atoms with Crippen LogP contribution in [0.5, 0.6) is 0 Å². The highest BCUT2D eigenvalue weighted by atomic mass is 16.6. The van der Waals surface area contributed by atoms with Gasteiger partial charge in [-0.3, -0.25) is 19.4 Å². The molecule has 2 fully saturated rings. The number of benzene rings is 1. The first-order chi connectivity index (χ1) is 19.9. The van der Waals surface area contributed by atoms with E-state index in [0.29, 0.717) is 0 Å². The highest BCUT2D eigenvalue weighted by Crippen LogP contribution is 2.24. The normalized spacial score (nSPS) is 22.0. The minimum absolute atomic E-state index is 0.00900. The lowest BCUT2D eigenvalue weighted by molar-refractivity contribution is -0.145. The van der Waals surface area contributed by atoms with E-state index in [0.717, 1.165) is 4.90 Å². The Hall–Kier alpha value is -4.36. The van der Waals surface area contributed by atoms with Gasteiger partial charge >= 0.3 is 24.1 Å². The summed E-state index contributed by atoms with van der Waals surface area (Å²) in [4.78, 5) is 77.4. The Labute approximate surface area is 250 Å². The lowest BCUT2D eigenvalue weighted by Crippen LogP contribution is -2.44. The number of carboxylic acids is 1. The van der Waals surface area contributed by atoms with Crippen LogP contribution in [-0.4, -0.2) is 106 Å². The number of carboxylic acid groups (broad SMARTS) is 1. The standard InChI is InChI=1S/C29H40N4O10/c1-28(2,3)42-26(39)32-14-18(12-20(32)24(36)37)30-22(34)16-8-10-17(11-9-16)23(35)31-19-13-21(25(38)41-7)33(15-19)27(40)43-29(4,5)6/h8-11,18-21H,12-15H2,1-7H3,(H,30,34)(H,31,35)(H,36,37)/t18-,19-,20-,21-/m0/s1. The van der Waals surface area contributed by atoms with Gasteiger partial charge in [0.1, 0.15) is 23.3 Å². The van der Waals surface area contributed by atoms with E-state index < -0.39 is 71.3 Å². The molecule has 2 aliphatic rings. The fourth-order valence-electron chi connectivity index (χ4n) is 4.83. The van der Waals surface area contributed by atoms with Crippen molar-refractivity contribution in [3.8, 4) is 0 Å². The maximum Gasteiger partial charge on any atom is 0.411 e. The second-order valence-electron chi connectivity index (χ2n) is 12.5. The van der Waals surface area contributed by atoms with E-state index >= 15 is 0 Å². The quantitative estimate of drug-likeness (QED) is 0.322. The van der Waals surface area contributed by atoms with Gasteiger partial charge in [-0.05, 0) is 65.8 Å². The summed E-state index contributed by atoms with van der Waals surface area (Å²) in [5.74, 6) is -2.80. The van der Waals surface area contributed by atoms with Crippen LogP contribution in [0.3, 0.4) is 0 Å². The average Bonchev–Trinajstić information content (AvgIpc) is 3.51. The van der Waals surface area contributed by atoms with Gasteiger partial charge < -0.3 is 30.0 Å². The van der Waals surface area contributed by atoms with E-state index in [2.05, 4.69) is 10.6 Å². The lowest BCUT2D eigenvalue weighted by atomic mass is 10.1. The van der Waals surface area contributed by atoms with Gasteiger partial charge in [0.2, 0.25) is 0 Å². The van der Waals surface area contributed by atoms with Crippen LogP contribution < -0.4 is 10.6 Å². The number of nitrogens with zero attached hydrogens (tertiary/aromatic N) is 2. The summed E-state index contributed by atoms with van der Waals surface area (Å²) in [5.41, 5.74) is -1.12. The molecule has 3 N–H and O–H groups in total. The van der Waals surface area contributed by atoms with Gasteiger partial charge in [0.15, 0.2) is 0 Å². The first-order valence-electron chi connectivity index (χ1n) is 13.9. The summed E-state index contributed by atoms with van der Waals surface area (Å²) in [7, 11) is 1.22. The van der Waals surface area contributed by atoms with Crippen LogP contribution in [0.15, 0.2) is 24.3 Å². The summed E-state index contributed by atoms with van der Waals surface area (Å²) in [6.07, 6.45) is -1.32. The number of nitrogens with one attached hydrogen (secondary N) is 2. The van der Waals surface area contributed by atoms with Gasteiger partial charge in [0, 0.05) is 49.1 Å². The number of amides is 4. The molecule has 0 aromatic heterocycles. The maximum absolute atomic E-state index is 12.9. The summed E-state index contributed by atoms with van der Waals surface area (Å²) >= 11 is 0. The molecule has 0 aliphatic carbocycles. The molecular weight excluding hydrogens is 564 g/mol. The highest BCUT2D eigenvalue weighted by Gasteiger charge is 2.44. The second kappa shape index (κ2) is 12.9. The average molecular weight is 605 g/mol. The van der Waals surface area contributed by atoms with Gasteiger partial charge in [-0.2, -0.15) is 0 Å². The van der Waals surface area contributed by atoms with Crippen molar-refractivity contribution in [3.05, 3.63) is 35.4 Å². The predicted octanol–water partition coefficient (Wildman–Crippen LogP) is 2.16. The Kier molecular flexibility index (Phi) is 9.93. The van der Waals surface area contributed by atoms with Crippen LogP contribution in [-0.2, 0) is 23.8 Å². The maximum atomic E-state index is 12.9. The van der Waals surface area contributed by atoms with Gasteiger partial charge in [0.05, 0.1) is 7.11 Å². The molecule has 0 saturated carbocycles. The fraction of sp³-hybridized carbons (Fsp3) is 0.586. The van der Waals surface area contributed by atoms with E-state index in [4.69, 9.17) is 14.2 Å². The number of rotatable bonds is 6. The number of ether oxygens (including phenoxy) is 3. The second-order valence-corrected chi connectivity index (χ2v) is 12.5. The van der Waals surface area contributed by atoms with Crippen molar-refractivity contribution in [2.24, 2.45) is 0 Å². The molecule has 0 radical (unpaired) electrons. The summed E-state index contributed by atoms with van der Waals surface area (Å²) < 4.78 is 15.5. The number of carbonyl (C=O) groups is 6. The third-order valence-corrected chi connectivity index (χ3v) is 6.70. The third-order valence-electron chi connectivity index (χ3n) is 6.70. The van der Waals surface area contributed by atoms with Crippen LogP contribution in [0.25, 0.3) is 0 Å². The molecular formula is C29H40N4O10. The van der Waals surface area contributed by atoms with E-state index in [-0.39, 0.29) is 37.1 Å². The van der Waals surface area contributed by atoms with Crippen molar-refractivity contribution in [1.29, 1.82) is 0 Å². The number of methoxy groups -OCH3 is 1. The third kappa shape index (κ3) is 8.82. The molecule has 14 heteroatoms. The molecule has 2 saturated heterocycles. The van der Waals surface area contributed by atoms with Gasteiger partial charge in [-0.1, -0.05) is 0 Å². The fourth-order valence-corrected chi connectivity index (χ4v) is 4.83. The SMILES string of the molecule is COC(=O)[C@@H]1C[C@H](NC(=O)c2ccc(C(=O)N[C@H]3C[C@@H](C(=O)O)N(C(=O)OC(C)(C)C)C3)cc2)CN1C(=O)OC(C)(C)C. The van der Waals surface area contributed by atoms with E-state index in [1.165, 1.54) is 36.3 Å². The zero-order valence-corrected chi connectivity index (χ0v) is 25.5. The molecule has 0 unspecified atom stereocenters. The molecule has 4 atom stereocenters. The number of aliphatic carboxylic acids is 1. The first kappa shape index (κ1) is 33.1. The minimum Gasteiger partial charge on any atom is -0.480 e. The Balaban J connectivity index is 1.61. The molecule has 4 amide bonds. The first-order valence-corrected chi connectivity index (χ1v) is 13.9. The van der Waals surface area contributed by atoms with Crippen LogP contribution >= 0.6 is 0 Å². The summed E-state index contributed by atoms with van der Waals surface area (Å²) in [6, 6.07) is 2.54. The summed E-state index contributed by atoms with van der Waals surface area (Å²) in [6.45, 7) is 10.1. The van der Waals surface area contributed by atoms with Crippen LogP contribution in [0.4, 0.5) is 9.59 Å². The zero-order chi connectivity index (χ0) is 32.3. The Morgan fingerprint density at radius 2 is 1.09 bits per heavy atom. The van der Waals surface area contributed by atoms with Crippen LogP contribution in [0.1, 0.15) is 75.1 Å². The highest BCUT2D eigenvalue weighted by molar-refractivity contribution is 5.98. The Bertz CT molecular complexity index is 1250.